The number of anilines is 1. The second-order valence-corrected chi connectivity index (χ2v) is 4.76. The summed E-state index contributed by atoms with van der Waals surface area (Å²) in [5.41, 5.74) is 6.51. The molecule has 2 heterocycles. The first kappa shape index (κ1) is 20.4. The fourth-order valence-corrected chi connectivity index (χ4v) is 1.74. The number of carbonyl (C=O) groups is 1. The largest absolute Gasteiger partial charge is 0.323 e. The Morgan fingerprint density at radius 1 is 1.41 bits per heavy atom. The van der Waals surface area contributed by atoms with Gasteiger partial charge in [0.15, 0.2) is 5.82 Å². The topological polar surface area (TPSA) is 85.8 Å². The number of amides is 1. The van der Waals surface area contributed by atoms with Gasteiger partial charge in [0.2, 0.25) is 5.91 Å². The van der Waals surface area contributed by atoms with E-state index in [2.05, 4.69) is 15.4 Å². The maximum atomic E-state index is 11.9. The third-order valence-electron chi connectivity index (χ3n) is 3.31. The molecule has 3 N–H and O–H groups in total. The first-order chi connectivity index (χ1) is 9.61. The zero-order valence-electron chi connectivity index (χ0n) is 12.5. The highest BCUT2D eigenvalue weighted by molar-refractivity contribution is 5.94. The molecule has 0 saturated heterocycles. The van der Waals surface area contributed by atoms with Gasteiger partial charge in [0, 0.05) is 12.4 Å². The van der Waals surface area contributed by atoms with E-state index in [9.17, 15) is 4.79 Å². The molecule has 0 saturated carbocycles. The second kappa shape index (κ2) is 9.40. The highest BCUT2D eigenvalue weighted by atomic mass is 35.5. The van der Waals surface area contributed by atoms with E-state index >= 15 is 0 Å². The SMILES string of the molecule is CCC(C)C(N)C(=O)Nc1ccc(-n2cccn2)nc1.Cl.Cl. The molecular weight excluding hydrogens is 325 g/mol. The predicted octanol–water partition coefficient (Wildman–Crippen LogP) is 2.42. The number of nitrogens with one attached hydrogen (secondary N) is 1. The van der Waals surface area contributed by atoms with Crippen molar-refractivity contribution < 1.29 is 4.79 Å². The van der Waals surface area contributed by atoms with E-state index in [4.69, 9.17) is 5.73 Å². The monoisotopic (exact) mass is 345 g/mol. The molecule has 0 radical (unpaired) electrons. The van der Waals surface area contributed by atoms with Gasteiger partial charge in [0.05, 0.1) is 17.9 Å². The van der Waals surface area contributed by atoms with Crippen molar-refractivity contribution in [3.63, 3.8) is 0 Å². The smallest absolute Gasteiger partial charge is 0.241 e. The van der Waals surface area contributed by atoms with Crippen LogP contribution in [0.4, 0.5) is 5.69 Å². The molecule has 122 valence electrons. The van der Waals surface area contributed by atoms with Crippen molar-refractivity contribution in [3.8, 4) is 5.82 Å². The third-order valence-corrected chi connectivity index (χ3v) is 3.31. The van der Waals surface area contributed by atoms with Gasteiger partial charge in [-0.2, -0.15) is 5.10 Å². The molecule has 22 heavy (non-hydrogen) atoms. The molecule has 2 rings (SSSR count). The van der Waals surface area contributed by atoms with Gasteiger partial charge < -0.3 is 11.1 Å². The van der Waals surface area contributed by atoms with E-state index in [1.165, 1.54) is 0 Å². The number of nitrogens with two attached hydrogens (primary N) is 1. The van der Waals surface area contributed by atoms with Gasteiger partial charge >= 0.3 is 0 Å². The Hall–Kier alpha value is -1.63. The summed E-state index contributed by atoms with van der Waals surface area (Å²) >= 11 is 0. The van der Waals surface area contributed by atoms with Gasteiger partial charge in [0.25, 0.3) is 0 Å². The van der Waals surface area contributed by atoms with Crippen LogP contribution in [0.1, 0.15) is 20.3 Å². The lowest BCUT2D eigenvalue weighted by Crippen LogP contribution is -2.40. The van der Waals surface area contributed by atoms with Crippen LogP contribution < -0.4 is 11.1 Å². The summed E-state index contributed by atoms with van der Waals surface area (Å²) in [4.78, 5) is 16.2. The summed E-state index contributed by atoms with van der Waals surface area (Å²) in [6, 6.07) is 4.89. The second-order valence-electron chi connectivity index (χ2n) is 4.76. The molecule has 0 aliphatic heterocycles. The first-order valence-electron chi connectivity index (χ1n) is 6.64. The number of carbonyl (C=O) groups excluding carboxylic acids is 1. The molecule has 2 atom stereocenters. The number of nitrogens with zero attached hydrogens (tertiary/aromatic N) is 3. The molecule has 6 nitrogen and oxygen atoms in total. The maximum absolute atomic E-state index is 11.9. The fraction of sp³-hybridized carbons (Fsp3) is 0.357. The summed E-state index contributed by atoms with van der Waals surface area (Å²) in [6.45, 7) is 3.97. The van der Waals surface area contributed by atoms with Crippen molar-refractivity contribution in [2.75, 3.05) is 5.32 Å². The zero-order valence-corrected chi connectivity index (χ0v) is 14.1. The summed E-state index contributed by atoms with van der Waals surface area (Å²) in [7, 11) is 0. The highest BCUT2D eigenvalue weighted by Crippen LogP contribution is 2.11. The van der Waals surface area contributed by atoms with Gasteiger partial charge in [-0.1, -0.05) is 20.3 Å². The predicted molar refractivity (Wildman–Crippen MR) is 91.9 cm³/mol. The Kier molecular flexibility index (Phi) is 8.70. The Morgan fingerprint density at radius 3 is 2.64 bits per heavy atom. The number of hydrogen-bond donors (Lipinski definition) is 2. The Labute approximate surface area is 142 Å². The number of rotatable bonds is 5. The van der Waals surface area contributed by atoms with Crippen molar-refractivity contribution in [2.45, 2.75) is 26.3 Å². The summed E-state index contributed by atoms with van der Waals surface area (Å²) in [5.74, 6) is 0.651. The minimum atomic E-state index is -0.509. The molecule has 0 aliphatic carbocycles. The van der Waals surface area contributed by atoms with Crippen LogP contribution in [0.3, 0.4) is 0 Å². The minimum Gasteiger partial charge on any atom is -0.323 e. The standard InChI is InChI=1S/C14H19N5O.2ClH/c1-3-10(2)13(15)14(20)18-11-5-6-12(16-9-11)19-8-4-7-17-19;;/h4-10,13H,3,15H2,1-2H3,(H,18,20);2*1H. The van der Waals surface area contributed by atoms with E-state index in [-0.39, 0.29) is 36.6 Å². The molecule has 0 bridgehead atoms. The zero-order chi connectivity index (χ0) is 14.5. The fourth-order valence-electron chi connectivity index (χ4n) is 1.74. The number of hydrogen-bond acceptors (Lipinski definition) is 4. The number of pyridine rings is 1. The maximum Gasteiger partial charge on any atom is 0.241 e. The van der Waals surface area contributed by atoms with E-state index in [1.54, 1.807) is 35.4 Å². The third kappa shape index (κ3) is 4.98. The normalized spacial score (nSPS) is 12.5. The average molecular weight is 346 g/mol. The van der Waals surface area contributed by atoms with Crippen LogP contribution >= 0.6 is 24.8 Å². The van der Waals surface area contributed by atoms with Crippen molar-refractivity contribution in [2.24, 2.45) is 11.7 Å². The van der Waals surface area contributed by atoms with Gasteiger partial charge in [-0.15, -0.1) is 24.8 Å². The van der Waals surface area contributed by atoms with Gasteiger partial charge in [-0.05, 0) is 24.1 Å². The van der Waals surface area contributed by atoms with Crippen molar-refractivity contribution in [1.82, 2.24) is 14.8 Å². The lowest BCUT2D eigenvalue weighted by molar-refractivity contribution is -0.118. The molecule has 1 amide bonds. The molecule has 0 spiro atoms. The lowest BCUT2D eigenvalue weighted by Gasteiger charge is -2.17. The van der Waals surface area contributed by atoms with Crippen LogP contribution in [0, 0.1) is 5.92 Å². The van der Waals surface area contributed by atoms with E-state index in [1.807, 2.05) is 19.9 Å². The molecule has 2 aromatic rings. The van der Waals surface area contributed by atoms with Crippen LogP contribution in [0.25, 0.3) is 5.82 Å². The summed E-state index contributed by atoms with van der Waals surface area (Å²) < 4.78 is 1.65. The molecule has 8 heteroatoms. The first-order valence-corrected chi connectivity index (χ1v) is 6.64. The van der Waals surface area contributed by atoms with Crippen molar-refractivity contribution >= 4 is 36.4 Å². The molecule has 0 aliphatic rings. The molecular formula is C14H21Cl2N5O. The Balaban J connectivity index is 0.00000220. The summed E-state index contributed by atoms with van der Waals surface area (Å²) in [5, 5.41) is 6.86. The van der Waals surface area contributed by atoms with Gasteiger partial charge in [-0.3, -0.25) is 4.79 Å². The molecule has 2 aromatic heterocycles. The molecule has 2 unspecified atom stereocenters. The van der Waals surface area contributed by atoms with E-state index < -0.39 is 6.04 Å². The quantitative estimate of drug-likeness (QED) is 0.871. The van der Waals surface area contributed by atoms with E-state index in [0.717, 1.165) is 6.42 Å². The van der Waals surface area contributed by atoms with Crippen LogP contribution in [0.2, 0.25) is 0 Å². The highest BCUT2D eigenvalue weighted by Gasteiger charge is 2.19. The average Bonchev–Trinajstić information content (AvgIpc) is 3.00. The van der Waals surface area contributed by atoms with Gasteiger partial charge in [-0.25, -0.2) is 9.67 Å². The summed E-state index contributed by atoms with van der Waals surface area (Å²) in [6.07, 6.45) is 5.95. The van der Waals surface area contributed by atoms with Crippen LogP contribution in [-0.4, -0.2) is 26.7 Å². The van der Waals surface area contributed by atoms with Crippen LogP contribution in [-0.2, 0) is 4.79 Å². The van der Waals surface area contributed by atoms with E-state index in [0.29, 0.717) is 11.5 Å². The van der Waals surface area contributed by atoms with Crippen molar-refractivity contribution in [1.29, 1.82) is 0 Å². The Bertz CT molecular complexity index is 559. The lowest BCUT2D eigenvalue weighted by atomic mass is 9.99. The number of halogens is 2. The van der Waals surface area contributed by atoms with Gasteiger partial charge in [0.1, 0.15) is 0 Å². The van der Waals surface area contributed by atoms with Crippen molar-refractivity contribution in [3.05, 3.63) is 36.8 Å². The van der Waals surface area contributed by atoms with Crippen LogP contribution in [0.15, 0.2) is 36.8 Å². The molecule has 0 aromatic carbocycles. The number of aromatic nitrogens is 3. The Morgan fingerprint density at radius 2 is 2.14 bits per heavy atom. The minimum absolute atomic E-state index is 0. The molecule has 0 fully saturated rings. The van der Waals surface area contributed by atoms with Crippen LogP contribution in [0.5, 0.6) is 0 Å².